The fourth-order valence-electron chi connectivity index (χ4n) is 3.82. The zero-order valence-corrected chi connectivity index (χ0v) is 15.6. The van der Waals surface area contributed by atoms with Gasteiger partial charge in [-0.05, 0) is 24.5 Å². The van der Waals surface area contributed by atoms with Crippen LogP contribution in [0, 0.1) is 0 Å². The van der Waals surface area contributed by atoms with Gasteiger partial charge in [0.25, 0.3) is 0 Å². The molecule has 6 nitrogen and oxygen atoms in total. The molecule has 1 aliphatic carbocycles. The molecule has 0 amide bonds. The van der Waals surface area contributed by atoms with Crippen LogP contribution in [0.4, 0.5) is 0 Å². The molecular formula is C19H24O6S. The van der Waals surface area contributed by atoms with E-state index < -0.39 is 15.8 Å². The van der Waals surface area contributed by atoms with Crippen LogP contribution in [0.3, 0.4) is 0 Å². The number of carbonyl (C=O) groups is 1. The summed E-state index contributed by atoms with van der Waals surface area (Å²) in [5.41, 5.74) is 0.911. The van der Waals surface area contributed by atoms with Crippen molar-refractivity contribution in [2.45, 2.75) is 49.0 Å². The number of ether oxygens (including phenoxy) is 2. The zero-order chi connectivity index (χ0) is 18.7. The van der Waals surface area contributed by atoms with Crippen molar-refractivity contribution in [3.8, 4) is 5.75 Å². The molecule has 1 heterocycles. The number of benzene rings is 1. The van der Waals surface area contributed by atoms with Gasteiger partial charge in [0.1, 0.15) is 11.3 Å². The molecular weight excluding hydrogens is 356 g/mol. The predicted octanol–water partition coefficient (Wildman–Crippen LogP) is 3.27. The van der Waals surface area contributed by atoms with Gasteiger partial charge in [-0.3, -0.25) is 0 Å². The SMILES string of the molecule is COc1c(C2C=COC2)ccc(CS(=O)(=O)C2CCCCC2)c1C(=O)O. The van der Waals surface area contributed by atoms with E-state index in [1.807, 2.05) is 6.08 Å². The van der Waals surface area contributed by atoms with E-state index in [-0.39, 0.29) is 33.8 Å². The van der Waals surface area contributed by atoms with Crippen molar-refractivity contribution in [2.24, 2.45) is 0 Å². The van der Waals surface area contributed by atoms with Gasteiger partial charge in [-0.2, -0.15) is 0 Å². The third-order valence-electron chi connectivity index (χ3n) is 5.19. The van der Waals surface area contributed by atoms with Gasteiger partial charge in [-0.25, -0.2) is 13.2 Å². The number of hydrogen-bond donors (Lipinski definition) is 1. The number of hydrogen-bond acceptors (Lipinski definition) is 5. The van der Waals surface area contributed by atoms with Gasteiger partial charge in [-0.15, -0.1) is 0 Å². The second kappa shape index (κ2) is 7.70. The lowest BCUT2D eigenvalue weighted by atomic mass is 9.94. The number of carboxylic acids is 1. The zero-order valence-electron chi connectivity index (χ0n) is 14.8. The fraction of sp³-hybridized carbons (Fsp3) is 0.526. The van der Waals surface area contributed by atoms with E-state index in [2.05, 4.69) is 0 Å². The average molecular weight is 380 g/mol. The Morgan fingerprint density at radius 2 is 2.00 bits per heavy atom. The topological polar surface area (TPSA) is 89.9 Å². The van der Waals surface area contributed by atoms with E-state index in [1.165, 1.54) is 7.11 Å². The highest BCUT2D eigenvalue weighted by Crippen LogP contribution is 2.37. The molecule has 7 heteroatoms. The summed E-state index contributed by atoms with van der Waals surface area (Å²) in [5, 5.41) is 9.35. The summed E-state index contributed by atoms with van der Waals surface area (Å²) in [6.07, 6.45) is 7.60. The summed E-state index contributed by atoms with van der Waals surface area (Å²) in [4.78, 5) is 11.9. The molecule has 1 aliphatic heterocycles. The van der Waals surface area contributed by atoms with Crippen LogP contribution in [-0.2, 0) is 20.3 Å². The lowest BCUT2D eigenvalue weighted by Crippen LogP contribution is -2.26. The maximum Gasteiger partial charge on any atom is 0.339 e. The second-order valence-corrected chi connectivity index (χ2v) is 9.14. The standard InChI is InChI=1S/C19H24O6S/c1-24-18-16(13-9-10-25-11-13)8-7-14(17(18)19(20)21)12-26(22,23)15-5-3-2-4-6-15/h7-10,13,15H,2-6,11-12H2,1H3,(H,20,21). The minimum atomic E-state index is -3.41. The van der Waals surface area contributed by atoms with Gasteiger partial charge in [0, 0.05) is 11.5 Å². The van der Waals surface area contributed by atoms with Crippen molar-refractivity contribution in [3.63, 3.8) is 0 Å². The minimum absolute atomic E-state index is 0.0651. The molecule has 1 N–H and O–H groups in total. The minimum Gasteiger partial charge on any atom is -0.501 e. The Morgan fingerprint density at radius 3 is 2.58 bits per heavy atom. The Bertz CT molecular complexity index is 806. The highest BCUT2D eigenvalue weighted by molar-refractivity contribution is 7.91. The van der Waals surface area contributed by atoms with E-state index in [0.717, 1.165) is 19.3 Å². The van der Waals surface area contributed by atoms with Crippen LogP contribution in [0.5, 0.6) is 5.75 Å². The largest absolute Gasteiger partial charge is 0.501 e. The summed E-state index contributed by atoms with van der Waals surface area (Å²) in [7, 11) is -2.00. The predicted molar refractivity (Wildman–Crippen MR) is 97.3 cm³/mol. The van der Waals surface area contributed by atoms with E-state index in [1.54, 1.807) is 18.4 Å². The summed E-state index contributed by atoms with van der Waals surface area (Å²) >= 11 is 0. The highest BCUT2D eigenvalue weighted by Gasteiger charge is 2.31. The number of aromatic carboxylic acids is 1. The molecule has 0 bridgehead atoms. The Hall–Kier alpha value is -2.02. The van der Waals surface area contributed by atoms with E-state index in [4.69, 9.17) is 9.47 Å². The molecule has 1 fully saturated rings. The molecule has 1 unspecified atom stereocenters. The molecule has 1 atom stereocenters. The molecule has 1 saturated carbocycles. The molecule has 26 heavy (non-hydrogen) atoms. The maximum atomic E-state index is 12.8. The molecule has 1 aromatic rings. The van der Waals surface area contributed by atoms with Crippen molar-refractivity contribution >= 4 is 15.8 Å². The first-order valence-electron chi connectivity index (χ1n) is 8.87. The summed E-state index contributed by atoms with van der Waals surface area (Å²) in [5.74, 6) is -1.34. The van der Waals surface area contributed by atoms with Crippen LogP contribution in [0.2, 0.25) is 0 Å². The maximum absolute atomic E-state index is 12.8. The normalized spacial score (nSPS) is 20.7. The Morgan fingerprint density at radius 1 is 1.27 bits per heavy atom. The summed E-state index contributed by atoms with van der Waals surface area (Å²) in [6, 6.07) is 3.36. The van der Waals surface area contributed by atoms with Gasteiger partial charge in [0.2, 0.25) is 0 Å². The van der Waals surface area contributed by atoms with Crippen LogP contribution in [0.1, 0.15) is 59.5 Å². The molecule has 2 aliphatic rings. The highest BCUT2D eigenvalue weighted by atomic mass is 32.2. The third kappa shape index (κ3) is 3.72. The molecule has 3 rings (SSSR count). The molecule has 0 aromatic heterocycles. The number of carboxylic acid groups (broad SMARTS) is 1. The van der Waals surface area contributed by atoms with E-state index >= 15 is 0 Å². The van der Waals surface area contributed by atoms with Gasteiger partial charge in [0.05, 0.1) is 31.0 Å². The lowest BCUT2D eigenvalue weighted by Gasteiger charge is -2.23. The van der Waals surface area contributed by atoms with Crippen molar-refractivity contribution in [3.05, 3.63) is 41.2 Å². The van der Waals surface area contributed by atoms with E-state index in [9.17, 15) is 18.3 Å². The second-order valence-electron chi connectivity index (χ2n) is 6.86. The van der Waals surface area contributed by atoms with Crippen molar-refractivity contribution in [2.75, 3.05) is 13.7 Å². The van der Waals surface area contributed by atoms with Crippen LogP contribution in [-0.4, -0.2) is 38.5 Å². The van der Waals surface area contributed by atoms with Crippen molar-refractivity contribution in [1.29, 1.82) is 0 Å². The van der Waals surface area contributed by atoms with Crippen LogP contribution in [0.15, 0.2) is 24.5 Å². The van der Waals surface area contributed by atoms with Gasteiger partial charge in [-0.1, -0.05) is 31.4 Å². The van der Waals surface area contributed by atoms with Crippen molar-refractivity contribution in [1.82, 2.24) is 0 Å². The molecule has 0 saturated heterocycles. The lowest BCUT2D eigenvalue weighted by molar-refractivity contribution is 0.0692. The Balaban J connectivity index is 1.98. The van der Waals surface area contributed by atoms with Crippen LogP contribution < -0.4 is 4.74 Å². The Kier molecular flexibility index (Phi) is 5.55. The smallest absolute Gasteiger partial charge is 0.339 e. The monoisotopic (exact) mass is 380 g/mol. The molecule has 0 spiro atoms. The van der Waals surface area contributed by atoms with E-state index in [0.29, 0.717) is 25.0 Å². The summed E-state index contributed by atoms with van der Waals surface area (Å²) < 4.78 is 36.2. The first kappa shape index (κ1) is 18.8. The molecule has 1 aromatic carbocycles. The first-order chi connectivity index (χ1) is 12.4. The number of rotatable bonds is 6. The molecule has 142 valence electrons. The third-order valence-corrected chi connectivity index (χ3v) is 7.39. The fourth-order valence-corrected chi connectivity index (χ4v) is 5.78. The van der Waals surface area contributed by atoms with Crippen LogP contribution >= 0.6 is 0 Å². The number of sulfone groups is 1. The number of methoxy groups -OCH3 is 1. The van der Waals surface area contributed by atoms with Gasteiger partial charge >= 0.3 is 5.97 Å². The van der Waals surface area contributed by atoms with Crippen LogP contribution in [0.25, 0.3) is 0 Å². The van der Waals surface area contributed by atoms with Gasteiger partial charge in [0.15, 0.2) is 9.84 Å². The average Bonchev–Trinajstić information content (AvgIpc) is 3.15. The van der Waals surface area contributed by atoms with Crippen molar-refractivity contribution < 1.29 is 27.8 Å². The van der Waals surface area contributed by atoms with Gasteiger partial charge < -0.3 is 14.6 Å². The quantitative estimate of drug-likeness (QED) is 0.815. The molecule has 0 radical (unpaired) electrons. The summed E-state index contributed by atoms with van der Waals surface area (Å²) in [6.45, 7) is 0.412. The Labute approximate surface area is 153 Å². The first-order valence-corrected chi connectivity index (χ1v) is 10.6.